The quantitative estimate of drug-likeness (QED) is 0.456. The zero-order chi connectivity index (χ0) is 22.6. The summed E-state index contributed by atoms with van der Waals surface area (Å²) in [6.45, 7) is 3.58. The highest BCUT2D eigenvalue weighted by Gasteiger charge is 2.39. The molecule has 1 aliphatic rings. The second kappa shape index (κ2) is 9.64. The average molecular weight is 459 g/mol. The van der Waals surface area contributed by atoms with Crippen molar-refractivity contribution in [1.29, 1.82) is 0 Å². The number of carbonyl (C=O) groups is 1. The average Bonchev–Trinajstić information content (AvgIpc) is 3.61. The molecule has 0 saturated carbocycles. The van der Waals surface area contributed by atoms with Crippen LogP contribution in [0.5, 0.6) is 0 Å². The molecule has 0 aliphatic carbocycles. The van der Waals surface area contributed by atoms with Gasteiger partial charge < -0.3 is 5.32 Å². The highest BCUT2D eigenvalue weighted by molar-refractivity contribution is 7.10. The smallest absolute Gasteiger partial charge is 0.238 e. The lowest BCUT2D eigenvalue weighted by atomic mass is 9.98. The lowest BCUT2D eigenvalue weighted by molar-refractivity contribution is -0.126. The molecule has 1 N–H and O–H groups in total. The number of likely N-dealkylation sites (tertiary alicyclic amines) is 1. The number of benzene rings is 2. The second-order valence-electron chi connectivity index (χ2n) is 8.41. The summed E-state index contributed by atoms with van der Waals surface area (Å²) in [5, 5.41) is 17.1. The molecule has 2 atom stereocenters. The third kappa shape index (κ3) is 4.72. The molecule has 5 rings (SSSR count). The van der Waals surface area contributed by atoms with E-state index < -0.39 is 0 Å². The number of hydrogen-bond donors (Lipinski definition) is 1. The maximum absolute atomic E-state index is 13.7. The molecule has 2 aromatic heterocycles. The molecule has 0 radical (unpaired) electrons. The first-order valence-electron chi connectivity index (χ1n) is 11.1. The Morgan fingerprint density at radius 2 is 1.79 bits per heavy atom. The van der Waals surface area contributed by atoms with Gasteiger partial charge in [-0.25, -0.2) is 4.68 Å². The standard InChI is InChI=1S/C25H26N6OS/c1-18-12-13-33-23(18)16-30-15-21(31-17-26-28-29-31)14-22(30)25(32)27-24(19-8-4-2-5-9-19)20-10-6-3-7-11-20/h2-13,17,21-22,24H,14-16H2,1H3,(H,27,32)/t21-,22+/m1/s1. The minimum atomic E-state index is -0.268. The van der Waals surface area contributed by atoms with Crippen LogP contribution in [0, 0.1) is 6.92 Å². The van der Waals surface area contributed by atoms with Crippen LogP contribution in [-0.4, -0.2) is 43.6 Å². The molecule has 8 heteroatoms. The summed E-state index contributed by atoms with van der Waals surface area (Å²) in [5.74, 6) is 0.0255. The van der Waals surface area contributed by atoms with Gasteiger partial charge in [0.05, 0.1) is 18.1 Å². The summed E-state index contributed by atoms with van der Waals surface area (Å²) in [5.41, 5.74) is 3.39. The van der Waals surface area contributed by atoms with Crippen molar-refractivity contribution in [1.82, 2.24) is 30.4 Å². The molecule has 3 heterocycles. The third-order valence-corrected chi connectivity index (χ3v) is 7.30. The van der Waals surface area contributed by atoms with Gasteiger partial charge in [-0.2, -0.15) is 0 Å². The zero-order valence-corrected chi connectivity index (χ0v) is 19.2. The van der Waals surface area contributed by atoms with Gasteiger partial charge in [-0.15, -0.1) is 16.4 Å². The fourth-order valence-corrected chi connectivity index (χ4v) is 5.42. The fraction of sp³-hybridized carbons (Fsp3) is 0.280. The first kappa shape index (κ1) is 21.5. The summed E-state index contributed by atoms with van der Waals surface area (Å²) >= 11 is 1.74. The largest absolute Gasteiger partial charge is 0.344 e. The van der Waals surface area contributed by atoms with Gasteiger partial charge in [-0.1, -0.05) is 60.7 Å². The molecule has 168 valence electrons. The van der Waals surface area contributed by atoms with E-state index in [0.29, 0.717) is 6.42 Å². The SMILES string of the molecule is Cc1ccsc1CN1C[C@H](n2cnnn2)C[C@H]1C(=O)NC(c1ccccc1)c1ccccc1. The van der Waals surface area contributed by atoms with Gasteiger partial charge in [0.1, 0.15) is 6.33 Å². The molecular formula is C25H26N6OS. The number of aryl methyl sites for hydroxylation is 1. The van der Waals surface area contributed by atoms with Crippen LogP contribution >= 0.6 is 11.3 Å². The van der Waals surface area contributed by atoms with Crippen LogP contribution in [0.1, 0.15) is 40.1 Å². The first-order valence-corrected chi connectivity index (χ1v) is 12.0. The van der Waals surface area contributed by atoms with Crippen molar-refractivity contribution in [3.63, 3.8) is 0 Å². The molecule has 1 aliphatic heterocycles. The van der Waals surface area contributed by atoms with Crippen LogP contribution in [0.4, 0.5) is 0 Å². The predicted octanol–water partition coefficient (Wildman–Crippen LogP) is 3.76. The van der Waals surface area contributed by atoms with E-state index in [1.807, 2.05) is 36.4 Å². The van der Waals surface area contributed by atoms with Crippen molar-refractivity contribution in [2.24, 2.45) is 0 Å². The number of thiophene rings is 1. The van der Waals surface area contributed by atoms with E-state index in [-0.39, 0.29) is 24.0 Å². The number of nitrogens with one attached hydrogen (secondary N) is 1. The van der Waals surface area contributed by atoms with E-state index in [2.05, 4.69) is 68.4 Å². The molecule has 7 nitrogen and oxygen atoms in total. The summed E-state index contributed by atoms with van der Waals surface area (Å²) in [4.78, 5) is 17.3. The molecular weight excluding hydrogens is 432 g/mol. The number of amides is 1. The van der Waals surface area contributed by atoms with Crippen LogP contribution in [0.25, 0.3) is 0 Å². The summed E-state index contributed by atoms with van der Waals surface area (Å²) < 4.78 is 1.77. The van der Waals surface area contributed by atoms with Crippen LogP contribution in [-0.2, 0) is 11.3 Å². The van der Waals surface area contributed by atoms with E-state index in [9.17, 15) is 4.79 Å². The Labute approximate surface area is 197 Å². The highest BCUT2D eigenvalue weighted by Crippen LogP contribution is 2.31. The fourth-order valence-electron chi connectivity index (χ4n) is 4.49. The normalized spacial score (nSPS) is 18.6. The van der Waals surface area contributed by atoms with Gasteiger partial charge >= 0.3 is 0 Å². The van der Waals surface area contributed by atoms with Crippen LogP contribution in [0.15, 0.2) is 78.4 Å². The number of tetrazole rings is 1. The van der Waals surface area contributed by atoms with Gasteiger partial charge in [0.25, 0.3) is 0 Å². The number of carbonyl (C=O) groups excluding carboxylic acids is 1. The van der Waals surface area contributed by atoms with Crippen molar-refractivity contribution in [2.75, 3.05) is 6.54 Å². The van der Waals surface area contributed by atoms with Crippen molar-refractivity contribution >= 4 is 17.2 Å². The Morgan fingerprint density at radius 3 is 2.36 bits per heavy atom. The molecule has 0 bridgehead atoms. The number of rotatable bonds is 7. The Bertz CT molecular complexity index is 1140. The summed E-state index contributed by atoms with van der Waals surface area (Å²) in [6.07, 6.45) is 2.30. The lowest BCUT2D eigenvalue weighted by Gasteiger charge is -2.27. The van der Waals surface area contributed by atoms with Crippen molar-refractivity contribution in [3.05, 3.63) is 100 Å². The van der Waals surface area contributed by atoms with E-state index in [0.717, 1.165) is 24.2 Å². The molecule has 0 unspecified atom stereocenters. The molecule has 1 fully saturated rings. The van der Waals surface area contributed by atoms with Gasteiger partial charge in [0.2, 0.25) is 5.91 Å². The van der Waals surface area contributed by atoms with Crippen LogP contribution in [0.2, 0.25) is 0 Å². The van der Waals surface area contributed by atoms with Crippen LogP contribution in [0.3, 0.4) is 0 Å². The molecule has 33 heavy (non-hydrogen) atoms. The van der Waals surface area contributed by atoms with Crippen molar-refractivity contribution in [2.45, 2.75) is 38.0 Å². The molecule has 1 amide bonds. The van der Waals surface area contributed by atoms with Gasteiger partial charge in [0.15, 0.2) is 0 Å². The number of hydrogen-bond acceptors (Lipinski definition) is 6. The Kier molecular flexibility index (Phi) is 6.28. The topological polar surface area (TPSA) is 75.9 Å². The molecule has 1 saturated heterocycles. The van der Waals surface area contributed by atoms with E-state index in [4.69, 9.17) is 0 Å². The number of nitrogens with zero attached hydrogens (tertiary/aromatic N) is 5. The molecule has 0 spiro atoms. The first-order chi connectivity index (χ1) is 16.2. The summed E-state index contributed by atoms with van der Waals surface area (Å²) in [6, 6.07) is 22.0. The third-order valence-electron chi connectivity index (χ3n) is 6.29. The maximum atomic E-state index is 13.7. The summed E-state index contributed by atoms with van der Waals surface area (Å²) in [7, 11) is 0. The second-order valence-corrected chi connectivity index (χ2v) is 9.42. The zero-order valence-electron chi connectivity index (χ0n) is 18.4. The van der Waals surface area contributed by atoms with Gasteiger partial charge in [0, 0.05) is 18.0 Å². The lowest BCUT2D eigenvalue weighted by Crippen LogP contribution is -2.44. The monoisotopic (exact) mass is 458 g/mol. The van der Waals surface area contributed by atoms with Crippen LogP contribution < -0.4 is 5.32 Å². The van der Waals surface area contributed by atoms with Crippen molar-refractivity contribution < 1.29 is 4.79 Å². The molecule has 2 aromatic carbocycles. The van der Waals surface area contributed by atoms with E-state index in [1.54, 1.807) is 22.3 Å². The maximum Gasteiger partial charge on any atom is 0.238 e. The van der Waals surface area contributed by atoms with Gasteiger partial charge in [-0.05, 0) is 51.9 Å². The van der Waals surface area contributed by atoms with Gasteiger partial charge in [-0.3, -0.25) is 9.69 Å². The minimum absolute atomic E-state index is 0.0255. The Morgan fingerprint density at radius 1 is 1.09 bits per heavy atom. The Balaban J connectivity index is 1.41. The molecule has 4 aromatic rings. The van der Waals surface area contributed by atoms with E-state index in [1.165, 1.54) is 10.4 Å². The van der Waals surface area contributed by atoms with E-state index >= 15 is 0 Å². The van der Waals surface area contributed by atoms with Crippen molar-refractivity contribution in [3.8, 4) is 0 Å². The minimum Gasteiger partial charge on any atom is -0.344 e. The number of aromatic nitrogens is 4. The highest BCUT2D eigenvalue weighted by atomic mass is 32.1. The predicted molar refractivity (Wildman–Crippen MR) is 128 cm³/mol. The Hall–Kier alpha value is -3.36.